The lowest BCUT2D eigenvalue weighted by Gasteiger charge is -2.19. The van der Waals surface area contributed by atoms with E-state index in [4.69, 9.17) is 0 Å². The SMILES string of the molecule is Cc1cc(C)n2nc(CC(=O)NCC3CCN(c4cccc(Br)c4)C3)nc2n1. The van der Waals surface area contributed by atoms with E-state index in [2.05, 4.69) is 59.4 Å². The monoisotopic (exact) mass is 442 g/mol. The van der Waals surface area contributed by atoms with Crippen LogP contribution in [0.3, 0.4) is 0 Å². The van der Waals surface area contributed by atoms with Gasteiger partial charge in [-0.1, -0.05) is 22.0 Å². The average molecular weight is 443 g/mol. The van der Waals surface area contributed by atoms with Crippen molar-refractivity contribution in [2.75, 3.05) is 24.5 Å². The van der Waals surface area contributed by atoms with Crippen LogP contribution in [0.5, 0.6) is 0 Å². The standard InChI is InChI=1S/C20H23BrN6O/c1-13-8-14(2)27-20(23-13)24-18(25-27)10-19(28)22-11-15-6-7-26(12-15)17-5-3-4-16(21)9-17/h3-5,8-9,15H,6-7,10-12H2,1-2H3,(H,22,28). The van der Waals surface area contributed by atoms with Gasteiger partial charge in [0.25, 0.3) is 5.78 Å². The van der Waals surface area contributed by atoms with Gasteiger partial charge in [0, 0.05) is 41.2 Å². The number of hydrogen-bond acceptors (Lipinski definition) is 5. The number of nitrogens with one attached hydrogen (secondary N) is 1. The maximum Gasteiger partial charge on any atom is 0.252 e. The maximum absolute atomic E-state index is 12.4. The highest BCUT2D eigenvalue weighted by Crippen LogP contribution is 2.25. The van der Waals surface area contributed by atoms with Gasteiger partial charge in [0.05, 0.1) is 6.42 Å². The van der Waals surface area contributed by atoms with Crippen LogP contribution in [0.2, 0.25) is 0 Å². The van der Waals surface area contributed by atoms with Crippen LogP contribution in [0, 0.1) is 19.8 Å². The molecule has 3 aromatic rings. The van der Waals surface area contributed by atoms with Gasteiger partial charge in [-0.25, -0.2) is 9.50 Å². The van der Waals surface area contributed by atoms with E-state index in [1.807, 2.05) is 26.0 Å². The molecule has 0 bridgehead atoms. The van der Waals surface area contributed by atoms with Crippen molar-refractivity contribution in [1.82, 2.24) is 24.9 Å². The van der Waals surface area contributed by atoms with Gasteiger partial charge in [-0.15, -0.1) is 5.10 Å². The lowest BCUT2D eigenvalue weighted by Crippen LogP contribution is -2.32. The predicted molar refractivity (Wildman–Crippen MR) is 111 cm³/mol. The third-order valence-electron chi connectivity index (χ3n) is 5.03. The molecule has 2 aromatic heterocycles. The minimum Gasteiger partial charge on any atom is -0.371 e. The quantitative estimate of drug-likeness (QED) is 0.657. The summed E-state index contributed by atoms with van der Waals surface area (Å²) in [6, 6.07) is 10.3. The fraction of sp³-hybridized carbons (Fsp3) is 0.400. The Morgan fingerprint density at radius 1 is 1.29 bits per heavy atom. The molecular weight excluding hydrogens is 420 g/mol. The summed E-state index contributed by atoms with van der Waals surface area (Å²) < 4.78 is 2.77. The zero-order valence-corrected chi connectivity index (χ0v) is 17.6. The minimum absolute atomic E-state index is 0.0498. The Morgan fingerprint density at radius 3 is 2.96 bits per heavy atom. The number of amides is 1. The first-order valence-electron chi connectivity index (χ1n) is 9.45. The number of carbonyl (C=O) groups is 1. The Hall–Kier alpha value is -2.48. The topological polar surface area (TPSA) is 75.4 Å². The number of carbonyl (C=O) groups excluding carboxylic acids is 1. The van der Waals surface area contributed by atoms with Crippen molar-refractivity contribution in [3.63, 3.8) is 0 Å². The van der Waals surface area contributed by atoms with Crippen molar-refractivity contribution in [2.45, 2.75) is 26.7 Å². The second-order valence-corrected chi connectivity index (χ2v) is 8.26. The lowest BCUT2D eigenvalue weighted by molar-refractivity contribution is -0.120. The van der Waals surface area contributed by atoms with Crippen LogP contribution >= 0.6 is 15.9 Å². The van der Waals surface area contributed by atoms with Crippen LogP contribution in [0.15, 0.2) is 34.8 Å². The third kappa shape index (κ3) is 4.16. The highest BCUT2D eigenvalue weighted by molar-refractivity contribution is 9.10. The molecule has 3 heterocycles. The van der Waals surface area contributed by atoms with Crippen LogP contribution < -0.4 is 10.2 Å². The average Bonchev–Trinajstić information content (AvgIpc) is 3.27. The second-order valence-electron chi connectivity index (χ2n) is 7.34. The molecule has 1 unspecified atom stereocenters. The molecule has 1 amide bonds. The largest absolute Gasteiger partial charge is 0.371 e. The van der Waals surface area contributed by atoms with E-state index in [1.165, 1.54) is 5.69 Å². The first kappa shape index (κ1) is 18.9. The minimum atomic E-state index is -0.0498. The van der Waals surface area contributed by atoms with E-state index in [0.717, 1.165) is 35.4 Å². The van der Waals surface area contributed by atoms with Crippen molar-refractivity contribution < 1.29 is 4.79 Å². The summed E-state index contributed by atoms with van der Waals surface area (Å²) in [5.74, 6) is 1.44. The van der Waals surface area contributed by atoms with Gasteiger partial charge in [-0.3, -0.25) is 4.79 Å². The molecule has 1 aliphatic heterocycles. The van der Waals surface area contributed by atoms with Crippen molar-refractivity contribution in [3.05, 3.63) is 52.0 Å². The van der Waals surface area contributed by atoms with Gasteiger partial charge in [-0.05, 0) is 50.5 Å². The van der Waals surface area contributed by atoms with E-state index >= 15 is 0 Å². The summed E-state index contributed by atoms with van der Waals surface area (Å²) in [6.45, 7) is 6.51. The molecule has 0 radical (unpaired) electrons. The molecule has 1 N–H and O–H groups in total. The Labute approximate surface area is 172 Å². The third-order valence-corrected chi connectivity index (χ3v) is 5.52. The number of hydrogen-bond donors (Lipinski definition) is 1. The number of aromatic nitrogens is 4. The fourth-order valence-electron chi connectivity index (χ4n) is 3.65. The van der Waals surface area contributed by atoms with Crippen LogP contribution in [0.1, 0.15) is 23.6 Å². The molecule has 1 aliphatic rings. The molecule has 0 aliphatic carbocycles. The van der Waals surface area contributed by atoms with E-state index in [1.54, 1.807) is 4.52 Å². The second kappa shape index (κ2) is 7.87. The van der Waals surface area contributed by atoms with Gasteiger partial charge in [0.15, 0.2) is 5.82 Å². The zero-order chi connectivity index (χ0) is 19.7. The molecule has 1 aromatic carbocycles. The normalized spacial score (nSPS) is 16.7. The van der Waals surface area contributed by atoms with Gasteiger partial charge < -0.3 is 10.2 Å². The van der Waals surface area contributed by atoms with Gasteiger partial charge in [0.1, 0.15) is 0 Å². The summed E-state index contributed by atoms with van der Waals surface area (Å²) in [6.07, 6.45) is 1.24. The van der Waals surface area contributed by atoms with E-state index in [-0.39, 0.29) is 12.3 Å². The molecule has 146 valence electrons. The molecule has 1 atom stereocenters. The summed E-state index contributed by atoms with van der Waals surface area (Å²) in [4.78, 5) is 23.5. The molecule has 1 saturated heterocycles. The highest BCUT2D eigenvalue weighted by Gasteiger charge is 2.23. The number of rotatable bonds is 5. The van der Waals surface area contributed by atoms with E-state index < -0.39 is 0 Å². The fourth-order valence-corrected chi connectivity index (χ4v) is 4.04. The summed E-state index contributed by atoms with van der Waals surface area (Å²) in [5.41, 5.74) is 3.07. The Balaban J connectivity index is 1.31. The molecule has 1 fully saturated rings. The molecule has 28 heavy (non-hydrogen) atoms. The summed E-state index contributed by atoms with van der Waals surface area (Å²) >= 11 is 3.52. The smallest absolute Gasteiger partial charge is 0.252 e. The van der Waals surface area contributed by atoms with Crippen LogP contribution in [0.25, 0.3) is 5.78 Å². The predicted octanol–water partition coefficient (Wildman–Crippen LogP) is 2.69. The molecule has 8 heteroatoms. The molecule has 0 saturated carbocycles. The Morgan fingerprint density at radius 2 is 2.14 bits per heavy atom. The van der Waals surface area contributed by atoms with Crippen LogP contribution in [-0.2, 0) is 11.2 Å². The van der Waals surface area contributed by atoms with Crippen molar-refractivity contribution in [1.29, 1.82) is 0 Å². The summed E-state index contributed by atoms with van der Waals surface area (Å²) in [7, 11) is 0. The van der Waals surface area contributed by atoms with Crippen molar-refractivity contribution in [2.24, 2.45) is 5.92 Å². The number of anilines is 1. The van der Waals surface area contributed by atoms with Crippen LogP contribution in [0.4, 0.5) is 5.69 Å². The van der Waals surface area contributed by atoms with E-state index in [9.17, 15) is 4.79 Å². The number of halogens is 1. The molecule has 7 nitrogen and oxygen atoms in total. The summed E-state index contributed by atoms with van der Waals surface area (Å²) in [5, 5.41) is 7.44. The van der Waals surface area contributed by atoms with Crippen molar-refractivity contribution in [3.8, 4) is 0 Å². The van der Waals surface area contributed by atoms with Gasteiger partial charge in [0.2, 0.25) is 5.91 Å². The van der Waals surface area contributed by atoms with Gasteiger partial charge in [-0.2, -0.15) is 4.98 Å². The van der Waals surface area contributed by atoms with Crippen molar-refractivity contribution >= 4 is 33.3 Å². The first-order valence-corrected chi connectivity index (χ1v) is 10.2. The molecule has 4 rings (SSSR count). The maximum atomic E-state index is 12.4. The number of nitrogens with zero attached hydrogens (tertiary/aromatic N) is 5. The molecular formula is C20H23BrN6O. The Kier molecular flexibility index (Phi) is 5.30. The van der Waals surface area contributed by atoms with Gasteiger partial charge >= 0.3 is 0 Å². The van der Waals surface area contributed by atoms with Crippen LogP contribution in [-0.4, -0.2) is 45.1 Å². The number of aryl methyl sites for hydroxylation is 2. The zero-order valence-electron chi connectivity index (χ0n) is 16.0. The van der Waals surface area contributed by atoms with E-state index in [0.29, 0.717) is 24.1 Å². The Bertz CT molecular complexity index is 1020. The first-order chi connectivity index (χ1) is 13.5. The number of fused-ring (bicyclic) bond motifs is 1. The molecule has 0 spiro atoms. The highest BCUT2D eigenvalue weighted by atomic mass is 79.9. The number of benzene rings is 1. The lowest BCUT2D eigenvalue weighted by atomic mass is 10.1.